The average molecular weight is 274 g/mol. The Morgan fingerprint density at radius 3 is 2.65 bits per heavy atom. The Morgan fingerprint density at radius 1 is 1.15 bits per heavy atom. The van der Waals surface area contributed by atoms with Crippen LogP contribution in [0.25, 0.3) is 0 Å². The number of carbonyl (C=O) groups is 1. The summed E-state index contributed by atoms with van der Waals surface area (Å²) < 4.78 is 15.4. The van der Waals surface area contributed by atoms with Gasteiger partial charge in [0.15, 0.2) is 0 Å². The third-order valence-electron chi connectivity index (χ3n) is 3.16. The van der Waals surface area contributed by atoms with E-state index in [0.717, 1.165) is 13.0 Å². The molecule has 1 N–H and O–H groups in total. The molecule has 2 aromatic rings. The molecule has 0 radical (unpaired) electrons. The van der Waals surface area contributed by atoms with Gasteiger partial charge in [-0.3, -0.25) is 4.79 Å². The molecule has 20 heavy (non-hydrogen) atoms. The standard InChI is InChI=1S/C16H19FN2O/c17-15-7-2-1-6-14(15)8-9-16(20)18-10-5-13-19-11-3-4-12-19/h1-4,6-7,11-12H,5,8-10,13H2,(H,18,20). The molecule has 4 heteroatoms. The molecule has 106 valence electrons. The summed E-state index contributed by atoms with van der Waals surface area (Å²) in [5, 5.41) is 2.86. The Bertz CT molecular complexity index is 537. The maximum absolute atomic E-state index is 13.4. The van der Waals surface area contributed by atoms with Crippen LogP contribution in [0.2, 0.25) is 0 Å². The third kappa shape index (κ3) is 4.53. The first kappa shape index (κ1) is 14.3. The van der Waals surface area contributed by atoms with Crippen molar-refractivity contribution >= 4 is 5.91 Å². The second-order valence-corrected chi connectivity index (χ2v) is 4.72. The number of nitrogens with zero attached hydrogens (tertiary/aromatic N) is 1. The molecule has 0 aliphatic carbocycles. The summed E-state index contributed by atoms with van der Waals surface area (Å²) >= 11 is 0. The molecule has 0 aliphatic rings. The monoisotopic (exact) mass is 274 g/mol. The van der Waals surface area contributed by atoms with Gasteiger partial charge < -0.3 is 9.88 Å². The van der Waals surface area contributed by atoms with Gasteiger partial charge in [0.05, 0.1) is 0 Å². The third-order valence-corrected chi connectivity index (χ3v) is 3.16. The number of carbonyl (C=O) groups excluding carboxylic acids is 1. The van der Waals surface area contributed by atoms with Crippen LogP contribution in [0, 0.1) is 5.82 Å². The molecule has 1 amide bonds. The van der Waals surface area contributed by atoms with Gasteiger partial charge in [0, 0.05) is 31.9 Å². The van der Waals surface area contributed by atoms with Crippen LogP contribution in [0.4, 0.5) is 4.39 Å². The number of amides is 1. The molecule has 0 atom stereocenters. The average Bonchev–Trinajstić information content (AvgIpc) is 2.96. The highest BCUT2D eigenvalue weighted by Crippen LogP contribution is 2.08. The molecular formula is C16H19FN2O. The highest BCUT2D eigenvalue weighted by molar-refractivity contribution is 5.76. The zero-order chi connectivity index (χ0) is 14.2. The summed E-state index contributed by atoms with van der Waals surface area (Å²) in [5.74, 6) is -0.270. The summed E-state index contributed by atoms with van der Waals surface area (Å²) in [7, 11) is 0. The van der Waals surface area contributed by atoms with E-state index in [9.17, 15) is 9.18 Å². The lowest BCUT2D eigenvalue weighted by Gasteiger charge is -2.06. The van der Waals surface area contributed by atoms with Crippen LogP contribution >= 0.6 is 0 Å². The van der Waals surface area contributed by atoms with Crippen molar-refractivity contribution in [1.82, 2.24) is 9.88 Å². The van der Waals surface area contributed by atoms with Crippen molar-refractivity contribution in [3.63, 3.8) is 0 Å². The number of nitrogens with one attached hydrogen (secondary N) is 1. The van der Waals surface area contributed by atoms with Gasteiger partial charge in [0.1, 0.15) is 5.82 Å². The number of rotatable bonds is 7. The van der Waals surface area contributed by atoms with Crippen LogP contribution in [0.15, 0.2) is 48.8 Å². The molecule has 1 aromatic carbocycles. The fourth-order valence-corrected chi connectivity index (χ4v) is 2.05. The Hall–Kier alpha value is -2.10. The van der Waals surface area contributed by atoms with Crippen molar-refractivity contribution in [3.8, 4) is 0 Å². The number of benzene rings is 1. The van der Waals surface area contributed by atoms with Gasteiger partial charge >= 0.3 is 0 Å². The van der Waals surface area contributed by atoms with Gasteiger partial charge in [-0.2, -0.15) is 0 Å². The summed E-state index contributed by atoms with van der Waals surface area (Å²) in [4.78, 5) is 11.6. The van der Waals surface area contributed by atoms with Crippen LogP contribution in [-0.4, -0.2) is 17.0 Å². The summed E-state index contributed by atoms with van der Waals surface area (Å²) in [6.45, 7) is 1.54. The molecule has 0 bridgehead atoms. The van der Waals surface area contributed by atoms with E-state index in [0.29, 0.717) is 24.9 Å². The minimum absolute atomic E-state index is 0.0271. The zero-order valence-electron chi connectivity index (χ0n) is 11.4. The Labute approximate surface area is 118 Å². The number of halogens is 1. The van der Waals surface area contributed by atoms with Gasteiger partial charge in [0.25, 0.3) is 0 Å². The molecular weight excluding hydrogens is 255 g/mol. The van der Waals surface area contributed by atoms with Gasteiger partial charge in [-0.1, -0.05) is 18.2 Å². The van der Waals surface area contributed by atoms with Crippen molar-refractivity contribution in [3.05, 3.63) is 60.2 Å². The van der Waals surface area contributed by atoms with Gasteiger partial charge in [0.2, 0.25) is 5.91 Å². The van der Waals surface area contributed by atoms with Crippen LogP contribution < -0.4 is 5.32 Å². The highest BCUT2D eigenvalue weighted by Gasteiger charge is 2.05. The smallest absolute Gasteiger partial charge is 0.220 e. The molecule has 3 nitrogen and oxygen atoms in total. The lowest BCUT2D eigenvalue weighted by atomic mass is 10.1. The Kier molecular flexibility index (Phi) is 5.35. The van der Waals surface area contributed by atoms with Crippen molar-refractivity contribution in [2.45, 2.75) is 25.8 Å². The van der Waals surface area contributed by atoms with Gasteiger partial charge in [-0.25, -0.2) is 4.39 Å². The fraction of sp³-hybridized carbons (Fsp3) is 0.312. The van der Waals surface area contributed by atoms with E-state index in [1.165, 1.54) is 6.07 Å². The van der Waals surface area contributed by atoms with E-state index in [4.69, 9.17) is 0 Å². The van der Waals surface area contributed by atoms with Crippen LogP contribution in [-0.2, 0) is 17.8 Å². The molecule has 0 fully saturated rings. The minimum atomic E-state index is -0.243. The van der Waals surface area contributed by atoms with E-state index in [2.05, 4.69) is 9.88 Å². The molecule has 1 heterocycles. The van der Waals surface area contributed by atoms with E-state index >= 15 is 0 Å². The van der Waals surface area contributed by atoms with Crippen molar-refractivity contribution < 1.29 is 9.18 Å². The SMILES string of the molecule is O=C(CCc1ccccc1F)NCCCn1cccc1. The van der Waals surface area contributed by atoms with Crippen LogP contribution in [0.1, 0.15) is 18.4 Å². The normalized spacial score (nSPS) is 10.4. The fourth-order valence-electron chi connectivity index (χ4n) is 2.05. The predicted octanol–water partition coefficient (Wildman–Crippen LogP) is 2.77. The molecule has 2 rings (SSSR count). The second kappa shape index (κ2) is 7.48. The molecule has 0 spiro atoms. The number of aryl methyl sites for hydroxylation is 2. The lowest BCUT2D eigenvalue weighted by molar-refractivity contribution is -0.121. The zero-order valence-corrected chi connectivity index (χ0v) is 11.4. The van der Waals surface area contributed by atoms with Crippen molar-refractivity contribution in [2.75, 3.05) is 6.54 Å². The van der Waals surface area contributed by atoms with Crippen LogP contribution in [0.3, 0.4) is 0 Å². The molecule has 0 saturated heterocycles. The first-order valence-corrected chi connectivity index (χ1v) is 6.86. The molecule has 0 unspecified atom stereocenters. The van der Waals surface area contributed by atoms with Crippen molar-refractivity contribution in [1.29, 1.82) is 0 Å². The molecule has 0 aliphatic heterocycles. The first-order chi connectivity index (χ1) is 9.75. The number of aromatic nitrogens is 1. The van der Waals surface area contributed by atoms with Gasteiger partial charge in [-0.15, -0.1) is 0 Å². The van der Waals surface area contributed by atoms with E-state index < -0.39 is 0 Å². The van der Waals surface area contributed by atoms with E-state index in [-0.39, 0.29) is 11.7 Å². The maximum atomic E-state index is 13.4. The maximum Gasteiger partial charge on any atom is 0.220 e. The second-order valence-electron chi connectivity index (χ2n) is 4.72. The van der Waals surface area contributed by atoms with E-state index in [1.807, 2.05) is 24.5 Å². The summed E-state index contributed by atoms with van der Waals surface area (Å²) in [6, 6.07) is 10.5. The Morgan fingerprint density at radius 2 is 1.90 bits per heavy atom. The first-order valence-electron chi connectivity index (χ1n) is 6.86. The molecule has 0 saturated carbocycles. The van der Waals surface area contributed by atoms with Crippen LogP contribution in [0.5, 0.6) is 0 Å². The Balaban J connectivity index is 1.62. The summed E-state index contributed by atoms with van der Waals surface area (Å²) in [6.07, 6.45) is 5.65. The molecule has 1 aromatic heterocycles. The van der Waals surface area contributed by atoms with Crippen molar-refractivity contribution in [2.24, 2.45) is 0 Å². The minimum Gasteiger partial charge on any atom is -0.356 e. The predicted molar refractivity (Wildman–Crippen MR) is 76.8 cm³/mol. The summed E-state index contributed by atoms with van der Waals surface area (Å²) in [5.41, 5.74) is 0.593. The highest BCUT2D eigenvalue weighted by atomic mass is 19.1. The van der Waals surface area contributed by atoms with E-state index in [1.54, 1.807) is 18.2 Å². The number of hydrogen-bond acceptors (Lipinski definition) is 1. The van der Waals surface area contributed by atoms with Gasteiger partial charge in [-0.05, 0) is 36.6 Å². The lowest BCUT2D eigenvalue weighted by Crippen LogP contribution is -2.25. The largest absolute Gasteiger partial charge is 0.356 e. The topological polar surface area (TPSA) is 34.0 Å². The quantitative estimate of drug-likeness (QED) is 0.774. The number of hydrogen-bond donors (Lipinski definition) is 1.